The average Bonchev–Trinajstić information content (AvgIpc) is 3.35. The number of amides is 2. The SMILES string of the molecule is CCn1nc(C)c(CNC(=O)c2nc(CC(=O)Nc3ccccc3C(=O)OC)no2)c1C. The van der Waals surface area contributed by atoms with Crippen LogP contribution in [0.3, 0.4) is 0 Å². The van der Waals surface area contributed by atoms with E-state index in [-0.39, 0.29) is 30.2 Å². The molecule has 2 N–H and O–H groups in total. The van der Waals surface area contributed by atoms with Gasteiger partial charge in [-0.2, -0.15) is 10.1 Å². The first-order valence-electron chi connectivity index (χ1n) is 9.94. The van der Waals surface area contributed by atoms with E-state index < -0.39 is 17.8 Å². The number of esters is 1. The molecule has 0 saturated carbocycles. The molecular formula is C21H24N6O5. The van der Waals surface area contributed by atoms with Gasteiger partial charge in [-0.05, 0) is 32.9 Å². The summed E-state index contributed by atoms with van der Waals surface area (Å²) in [5.74, 6) is -1.82. The lowest BCUT2D eigenvalue weighted by molar-refractivity contribution is -0.115. The van der Waals surface area contributed by atoms with Gasteiger partial charge in [0.05, 0.1) is 30.5 Å². The van der Waals surface area contributed by atoms with Crippen LogP contribution >= 0.6 is 0 Å². The lowest BCUT2D eigenvalue weighted by Gasteiger charge is -2.08. The van der Waals surface area contributed by atoms with Gasteiger partial charge in [0.25, 0.3) is 0 Å². The van der Waals surface area contributed by atoms with Gasteiger partial charge in [0, 0.05) is 24.3 Å². The molecule has 0 aliphatic rings. The van der Waals surface area contributed by atoms with Crippen molar-refractivity contribution in [2.75, 3.05) is 12.4 Å². The summed E-state index contributed by atoms with van der Waals surface area (Å²) in [6.45, 7) is 6.81. The van der Waals surface area contributed by atoms with Crippen molar-refractivity contribution in [3.63, 3.8) is 0 Å². The first-order valence-corrected chi connectivity index (χ1v) is 9.94. The highest BCUT2D eigenvalue weighted by Gasteiger charge is 2.19. The zero-order valence-corrected chi connectivity index (χ0v) is 18.3. The lowest BCUT2D eigenvalue weighted by atomic mass is 10.1. The highest BCUT2D eigenvalue weighted by molar-refractivity contribution is 6.01. The quantitative estimate of drug-likeness (QED) is 0.505. The van der Waals surface area contributed by atoms with Crippen LogP contribution in [0.1, 0.15) is 50.7 Å². The van der Waals surface area contributed by atoms with Crippen LogP contribution in [-0.2, 0) is 29.0 Å². The van der Waals surface area contributed by atoms with Crippen molar-refractivity contribution < 1.29 is 23.6 Å². The van der Waals surface area contributed by atoms with E-state index in [1.165, 1.54) is 13.2 Å². The molecule has 3 aromatic rings. The van der Waals surface area contributed by atoms with Crippen molar-refractivity contribution >= 4 is 23.5 Å². The average molecular weight is 440 g/mol. The Morgan fingerprint density at radius 1 is 1.19 bits per heavy atom. The number of hydrogen-bond donors (Lipinski definition) is 2. The molecule has 3 rings (SSSR count). The van der Waals surface area contributed by atoms with Crippen LogP contribution in [0.4, 0.5) is 5.69 Å². The highest BCUT2D eigenvalue weighted by Crippen LogP contribution is 2.16. The summed E-state index contributed by atoms with van der Waals surface area (Å²) < 4.78 is 11.5. The second-order valence-electron chi connectivity index (χ2n) is 6.93. The van der Waals surface area contributed by atoms with Gasteiger partial charge in [-0.25, -0.2) is 4.79 Å². The van der Waals surface area contributed by atoms with Crippen LogP contribution in [0, 0.1) is 13.8 Å². The summed E-state index contributed by atoms with van der Waals surface area (Å²) >= 11 is 0. The Kier molecular flexibility index (Phi) is 6.98. The Morgan fingerprint density at radius 3 is 2.62 bits per heavy atom. The van der Waals surface area contributed by atoms with Gasteiger partial charge in [-0.1, -0.05) is 17.3 Å². The molecule has 2 amide bonds. The predicted octanol–water partition coefficient (Wildman–Crippen LogP) is 1.80. The van der Waals surface area contributed by atoms with Crippen LogP contribution in [0.15, 0.2) is 28.8 Å². The Bertz CT molecular complexity index is 1150. The number of nitrogens with one attached hydrogen (secondary N) is 2. The zero-order chi connectivity index (χ0) is 23.3. The predicted molar refractivity (Wildman–Crippen MR) is 113 cm³/mol. The van der Waals surface area contributed by atoms with Gasteiger partial charge in [0.1, 0.15) is 0 Å². The van der Waals surface area contributed by atoms with Crippen LogP contribution in [-0.4, -0.2) is 44.8 Å². The van der Waals surface area contributed by atoms with Crippen LogP contribution < -0.4 is 10.6 Å². The van der Waals surface area contributed by atoms with E-state index in [9.17, 15) is 14.4 Å². The molecule has 11 nitrogen and oxygen atoms in total. The molecule has 0 atom stereocenters. The number of rotatable bonds is 8. The summed E-state index contributed by atoms with van der Waals surface area (Å²) in [5, 5.41) is 13.4. The number of ether oxygens (including phenoxy) is 1. The third-order valence-corrected chi connectivity index (χ3v) is 4.84. The molecule has 0 saturated heterocycles. The summed E-state index contributed by atoms with van der Waals surface area (Å²) in [7, 11) is 1.26. The second-order valence-corrected chi connectivity index (χ2v) is 6.93. The first kappa shape index (κ1) is 22.7. The molecule has 0 spiro atoms. The molecule has 2 heterocycles. The van der Waals surface area contributed by atoms with E-state index in [2.05, 4.69) is 25.9 Å². The number of carbonyl (C=O) groups excluding carboxylic acids is 3. The van der Waals surface area contributed by atoms with Crippen molar-refractivity contribution in [1.82, 2.24) is 25.2 Å². The normalized spacial score (nSPS) is 10.6. The van der Waals surface area contributed by atoms with Gasteiger partial charge in [-0.3, -0.25) is 14.3 Å². The molecule has 32 heavy (non-hydrogen) atoms. The topological polar surface area (TPSA) is 141 Å². The van der Waals surface area contributed by atoms with Crippen LogP contribution in [0.5, 0.6) is 0 Å². The first-order chi connectivity index (χ1) is 15.3. The van der Waals surface area contributed by atoms with Crippen molar-refractivity contribution in [2.24, 2.45) is 0 Å². The molecule has 1 aromatic carbocycles. The minimum Gasteiger partial charge on any atom is -0.465 e. The molecule has 0 aliphatic carbocycles. The molecule has 0 unspecified atom stereocenters. The van der Waals surface area contributed by atoms with E-state index in [1.54, 1.807) is 18.2 Å². The molecule has 2 aromatic heterocycles. The number of methoxy groups -OCH3 is 1. The Balaban J connectivity index is 1.60. The minimum atomic E-state index is -0.575. The van der Waals surface area contributed by atoms with Gasteiger partial charge in [0.15, 0.2) is 5.82 Å². The third-order valence-electron chi connectivity index (χ3n) is 4.84. The zero-order valence-electron chi connectivity index (χ0n) is 18.3. The summed E-state index contributed by atoms with van der Waals surface area (Å²) in [4.78, 5) is 40.5. The van der Waals surface area contributed by atoms with E-state index in [0.29, 0.717) is 5.69 Å². The number of benzene rings is 1. The third kappa shape index (κ3) is 4.99. The number of para-hydroxylation sites is 1. The van der Waals surface area contributed by atoms with Crippen molar-refractivity contribution in [3.8, 4) is 0 Å². The Morgan fingerprint density at radius 2 is 1.94 bits per heavy atom. The fourth-order valence-corrected chi connectivity index (χ4v) is 3.18. The number of carbonyl (C=O) groups is 3. The summed E-state index contributed by atoms with van der Waals surface area (Å²) in [6, 6.07) is 6.44. The number of aryl methyl sites for hydroxylation is 2. The lowest BCUT2D eigenvalue weighted by Crippen LogP contribution is -2.24. The fourth-order valence-electron chi connectivity index (χ4n) is 3.18. The number of aromatic nitrogens is 4. The molecule has 0 radical (unpaired) electrons. The maximum Gasteiger partial charge on any atom is 0.339 e. The van der Waals surface area contributed by atoms with Gasteiger partial charge >= 0.3 is 17.8 Å². The number of anilines is 1. The van der Waals surface area contributed by atoms with E-state index in [1.807, 2.05) is 25.5 Å². The number of hydrogen-bond acceptors (Lipinski definition) is 8. The highest BCUT2D eigenvalue weighted by atomic mass is 16.5. The van der Waals surface area contributed by atoms with E-state index in [4.69, 9.17) is 9.26 Å². The van der Waals surface area contributed by atoms with Gasteiger partial charge < -0.3 is 19.9 Å². The second kappa shape index (κ2) is 9.86. The number of nitrogens with zero attached hydrogens (tertiary/aromatic N) is 4. The van der Waals surface area contributed by atoms with Crippen LogP contribution in [0.2, 0.25) is 0 Å². The molecule has 0 fully saturated rings. The molecule has 0 aliphatic heterocycles. The van der Waals surface area contributed by atoms with E-state index in [0.717, 1.165) is 23.5 Å². The summed E-state index contributed by atoms with van der Waals surface area (Å²) in [6.07, 6.45) is -0.242. The van der Waals surface area contributed by atoms with Crippen molar-refractivity contribution in [2.45, 2.75) is 40.3 Å². The van der Waals surface area contributed by atoms with Crippen LogP contribution in [0.25, 0.3) is 0 Å². The molecule has 11 heteroatoms. The van der Waals surface area contributed by atoms with Crippen molar-refractivity contribution in [1.29, 1.82) is 0 Å². The fraction of sp³-hybridized carbons (Fsp3) is 0.333. The minimum absolute atomic E-state index is 0.0364. The largest absolute Gasteiger partial charge is 0.465 e. The standard InChI is InChI=1S/C21H24N6O5/c1-5-27-13(3)15(12(2)25-27)11-22-19(29)20-24-17(26-32-20)10-18(28)23-16-9-7-6-8-14(16)21(30)31-4/h6-9H,5,10-11H2,1-4H3,(H,22,29)(H,23,28). The van der Waals surface area contributed by atoms with Gasteiger partial charge in [0.2, 0.25) is 5.91 Å². The van der Waals surface area contributed by atoms with E-state index >= 15 is 0 Å². The van der Waals surface area contributed by atoms with Gasteiger partial charge in [-0.15, -0.1) is 0 Å². The smallest absolute Gasteiger partial charge is 0.339 e. The monoisotopic (exact) mass is 440 g/mol. The molecular weight excluding hydrogens is 416 g/mol. The molecule has 168 valence electrons. The summed E-state index contributed by atoms with van der Waals surface area (Å²) in [5.41, 5.74) is 3.24. The maximum absolute atomic E-state index is 12.4. The Labute approximate surface area is 184 Å². The molecule has 0 bridgehead atoms. The Hall–Kier alpha value is -4.02. The van der Waals surface area contributed by atoms with Crippen molar-refractivity contribution in [3.05, 3.63) is 58.5 Å². The maximum atomic E-state index is 12.4.